The van der Waals surface area contributed by atoms with Crippen LogP contribution in [-0.4, -0.2) is 23.4 Å². The van der Waals surface area contributed by atoms with E-state index in [0.29, 0.717) is 5.56 Å². The van der Waals surface area contributed by atoms with Gasteiger partial charge < -0.3 is 10.1 Å². The molecule has 0 radical (unpaired) electrons. The van der Waals surface area contributed by atoms with Crippen LogP contribution >= 0.6 is 23.2 Å². The molecule has 2 rings (SSSR count). The molecule has 0 spiro atoms. The van der Waals surface area contributed by atoms with E-state index in [1.807, 2.05) is 0 Å². The van der Waals surface area contributed by atoms with Gasteiger partial charge in [-0.1, -0.05) is 41.4 Å². The van der Waals surface area contributed by atoms with Crippen molar-refractivity contribution in [3.63, 3.8) is 0 Å². The van der Waals surface area contributed by atoms with Crippen LogP contribution in [0.2, 0.25) is 10.0 Å². The van der Waals surface area contributed by atoms with E-state index in [9.17, 15) is 19.7 Å². The lowest BCUT2D eigenvalue weighted by Gasteiger charge is -2.10. The number of nitro groups is 1. The number of amides is 1. The Kier molecular flexibility index (Phi) is 5.95. The highest BCUT2D eigenvalue weighted by atomic mass is 35.5. The first kappa shape index (κ1) is 18.7. The third kappa shape index (κ3) is 4.46. The number of anilines is 1. The molecule has 0 aromatic heterocycles. The Labute approximate surface area is 152 Å². The lowest BCUT2D eigenvalue weighted by Crippen LogP contribution is -2.22. The zero-order valence-electron chi connectivity index (χ0n) is 12.9. The first-order valence-electron chi connectivity index (χ1n) is 6.96. The summed E-state index contributed by atoms with van der Waals surface area (Å²) in [6.45, 7) is 0.962. The molecule has 25 heavy (non-hydrogen) atoms. The monoisotopic (exact) mass is 382 g/mol. The first-order chi connectivity index (χ1) is 11.8. The van der Waals surface area contributed by atoms with Crippen molar-refractivity contribution < 1.29 is 19.2 Å². The van der Waals surface area contributed by atoms with Gasteiger partial charge in [0.25, 0.3) is 11.6 Å². The lowest BCUT2D eigenvalue weighted by atomic mass is 10.1. The number of nitro benzene ring substituents is 1. The number of carbonyl (C=O) groups is 2. The summed E-state index contributed by atoms with van der Waals surface area (Å²) in [5.41, 5.74) is 0.238. The SMILES string of the molecule is Cc1cccc([N+](=O)[O-])c1NC(=O)COC(=O)c1c(Cl)cccc1Cl. The second-order valence-corrected chi connectivity index (χ2v) is 5.76. The smallest absolute Gasteiger partial charge is 0.341 e. The van der Waals surface area contributed by atoms with E-state index in [1.165, 1.54) is 24.3 Å². The molecule has 0 unspecified atom stereocenters. The molecular weight excluding hydrogens is 371 g/mol. The minimum Gasteiger partial charge on any atom is -0.452 e. The van der Waals surface area contributed by atoms with Gasteiger partial charge in [-0.25, -0.2) is 4.79 Å². The lowest BCUT2D eigenvalue weighted by molar-refractivity contribution is -0.384. The number of para-hydroxylation sites is 1. The van der Waals surface area contributed by atoms with E-state index in [-0.39, 0.29) is 27.0 Å². The van der Waals surface area contributed by atoms with Crippen molar-refractivity contribution >= 4 is 46.5 Å². The standard InChI is InChI=1S/C16H12Cl2N2O5/c1-9-4-2-7-12(20(23)24)15(9)19-13(21)8-25-16(22)14-10(17)5-3-6-11(14)18/h2-7H,8H2,1H3,(H,19,21). The van der Waals surface area contributed by atoms with Crippen LogP contribution < -0.4 is 5.32 Å². The molecule has 0 saturated heterocycles. The molecule has 9 heteroatoms. The predicted octanol–water partition coefficient (Wildman–Crippen LogP) is 4.01. The fraction of sp³-hybridized carbons (Fsp3) is 0.125. The number of benzene rings is 2. The number of halogens is 2. The van der Waals surface area contributed by atoms with E-state index in [4.69, 9.17) is 27.9 Å². The molecule has 0 heterocycles. The van der Waals surface area contributed by atoms with Gasteiger partial charge in [-0.2, -0.15) is 0 Å². The molecule has 0 aliphatic carbocycles. The van der Waals surface area contributed by atoms with Crippen LogP contribution in [0.3, 0.4) is 0 Å². The summed E-state index contributed by atoms with van der Waals surface area (Å²) in [4.78, 5) is 34.4. The highest BCUT2D eigenvalue weighted by molar-refractivity contribution is 6.39. The van der Waals surface area contributed by atoms with Crippen molar-refractivity contribution in [3.05, 3.63) is 67.7 Å². The van der Waals surface area contributed by atoms with E-state index in [1.54, 1.807) is 19.1 Å². The molecule has 2 aromatic carbocycles. The van der Waals surface area contributed by atoms with Gasteiger partial charge in [0.2, 0.25) is 0 Å². The minimum atomic E-state index is -0.870. The quantitative estimate of drug-likeness (QED) is 0.478. The van der Waals surface area contributed by atoms with E-state index < -0.39 is 23.4 Å². The van der Waals surface area contributed by atoms with Gasteiger partial charge in [0.05, 0.1) is 20.5 Å². The third-order valence-electron chi connectivity index (χ3n) is 3.21. The Bertz CT molecular complexity index is 834. The fourth-order valence-corrected chi connectivity index (χ4v) is 2.59. The zero-order valence-corrected chi connectivity index (χ0v) is 14.4. The largest absolute Gasteiger partial charge is 0.452 e. The van der Waals surface area contributed by atoms with Crippen molar-refractivity contribution in [1.82, 2.24) is 0 Å². The average molecular weight is 383 g/mol. The molecule has 130 valence electrons. The maximum atomic E-state index is 12.0. The molecule has 0 aliphatic rings. The Morgan fingerprint density at radius 1 is 1.16 bits per heavy atom. The Hall–Kier alpha value is -2.64. The summed E-state index contributed by atoms with van der Waals surface area (Å²) in [7, 11) is 0. The molecule has 0 fully saturated rings. The van der Waals surface area contributed by atoms with Gasteiger partial charge in [-0.3, -0.25) is 14.9 Å². The van der Waals surface area contributed by atoms with Crippen LogP contribution in [-0.2, 0) is 9.53 Å². The second-order valence-electron chi connectivity index (χ2n) is 4.95. The van der Waals surface area contributed by atoms with Crippen LogP contribution in [0, 0.1) is 17.0 Å². The zero-order chi connectivity index (χ0) is 18.6. The van der Waals surface area contributed by atoms with Crippen molar-refractivity contribution in [1.29, 1.82) is 0 Å². The van der Waals surface area contributed by atoms with E-state index >= 15 is 0 Å². The number of aryl methyl sites for hydroxylation is 1. The normalized spacial score (nSPS) is 10.2. The Morgan fingerprint density at radius 2 is 1.76 bits per heavy atom. The van der Waals surface area contributed by atoms with Crippen LogP contribution in [0.15, 0.2) is 36.4 Å². The molecule has 2 aromatic rings. The maximum Gasteiger partial charge on any atom is 0.341 e. The highest BCUT2D eigenvalue weighted by Crippen LogP contribution is 2.28. The number of nitrogens with zero attached hydrogens (tertiary/aromatic N) is 1. The molecule has 0 saturated carbocycles. The van der Waals surface area contributed by atoms with Crippen LogP contribution in [0.1, 0.15) is 15.9 Å². The van der Waals surface area contributed by atoms with Crippen LogP contribution in [0.5, 0.6) is 0 Å². The summed E-state index contributed by atoms with van der Waals surface area (Å²) in [6, 6.07) is 8.85. The molecular formula is C16H12Cl2N2O5. The summed E-state index contributed by atoms with van der Waals surface area (Å²) in [5.74, 6) is -1.60. The van der Waals surface area contributed by atoms with Crippen molar-refractivity contribution in [2.45, 2.75) is 6.92 Å². The van der Waals surface area contributed by atoms with Gasteiger partial charge in [0.15, 0.2) is 6.61 Å². The fourth-order valence-electron chi connectivity index (χ4n) is 2.04. The number of esters is 1. The van der Waals surface area contributed by atoms with E-state index in [2.05, 4.69) is 5.32 Å². The molecule has 0 atom stereocenters. The van der Waals surface area contributed by atoms with Gasteiger partial charge in [0.1, 0.15) is 5.69 Å². The number of nitrogens with one attached hydrogen (secondary N) is 1. The molecule has 1 N–H and O–H groups in total. The van der Waals surface area contributed by atoms with Gasteiger partial charge in [-0.05, 0) is 24.6 Å². The number of rotatable bonds is 5. The Balaban J connectivity index is 2.07. The number of ether oxygens (including phenoxy) is 1. The molecule has 1 amide bonds. The number of carbonyl (C=O) groups excluding carboxylic acids is 2. The maximum absolute atomic E-state index is 12.0. The van der Waals surface area contributed by atoms with Crippen molar-refractivity contribution in [2.24, 2.45) is 0 Å². The number of hydrogen-bond acceptors (Lipinski definition) is 5. The molecule has 7 nitrogen and oxygen atoms in total. The molecule has 0 aliphatic heterocycles. The summed E-state index contributed by atoms with van der Waals surface area (Å²) >= 11 is 11.8. The van der Waals surface area contributed by atoms with Crippen molar-refractivity contribution in [3.8, 4) is 0 Å². The summed E-state index contributed by atoms with van der Waals surface area (Å²) in [6.07, 6.45) is 0. The Morgan fingerprint density at radius 3 is 2.36 bits per heavy atom. The van der Waals surface area contributed by atoms with Crippen LogP contribution in [0.4, 0.5) is 11.4 Å². The molecule has 0 bridgehead atoms. The van der Waals surface area contributed by atoms with Gasteiger partial charge >= 0.3 is 5.97 Å². The third-order valence-corrected chi connectivity index (χ3v) is 3.84. The van der Waals surface area contributed by atoms with Crippen LogP contribution in [0.25, 0.3) is 0 Å². The summed E-state index contributed by atoms with van der Waals surface area (Å²) < 4.78 is 4.87. The average Bonchev–Trinajstić information content (AvgIpc) is 2.54. The predicted molar refractivity (Wildman–Crippen MR) is 93.2 cm³/mol. The topological polar surface area (TPSA) is 98.5 Å². The summed E-state index contributed by atoms with van der Waals surface area (Å²) in [5, 5.41) is 13.6. The first-order valence-corrected chi connectivity index (χ1v) is 7.72. The number of hydrogen-bond donors (Lipinski definition) is 1. The highest BCUT2D eigenvalue weighted by Gasteiger charge is 2.20. The second kappa shape index (κ2) is 7.96. The minimum absolute atomic E-state index is 0.0457. The van der Waals surface area contributed by atoms with Gasteiger partial charge in [-0.15, -0.1) is 0 Å². The van der Waals surface area contributed by atoms with E-state index in [0.717, 1.165) is 0 Å². The van der Waals surface area contributed by atoms with Gasteiger partial charge in [0, 0.05) is 6.07 Å². The van der Waals surface area contributed by atoms with Crippen molar-refractivity contribution in [2.75, 3.05) is 11.9 Å².